The van der Waals surface area contributed by atoms with Crippen LogP contribution in [0.2, 0.25) is 0 Å². The van der Waals surface area contributed by atoms with E-state index in [1.165, 1.54) is 12.5 Å². The van der Waals surface area contributed by atoms with Crippen molar-refractivity contribution in [3.63, 3.8) is 0 Å². The molecule has 1 aliphatic heterocycles. The van der Waals surface area contributed by atoms with E-state index >= 15 is 0 Å². The minimum absolute atomic E-state index is 0.0464. The third kappa shape index (κ3) is 8.07. The number of aliphatic imine (C=N–C) groups is 2. The molecule has 29 heavy (non-hydrogen) atoms. The molecule has 0 atom stereocenters. The lowest BCUT2D eigenvalue weighted by Gasteiger charge is -2.03. The van der Waals surface area contributed by atoms with Crippen LogP contribution in [-0.2, 0) is 23.5 Å². The van der Waals surface area contributed by atoms with Gasteiger partial charge in [0, 0.05) is 42.1 Å². The number of fused-ring (bicyclic) bond motifs is 1. The van der Waals surface area contributed by atoms with Gasteiger partial charge in [0.2, 0.25) is 11.8 Å². The Kier molecular flexibility index (Phi) is 8.86. The summed E-state index contributed by atoms with van der Waals surface area (Å²) >= 11 is 1.69. The number of carbonyl (C=O) groups excluding carboxylic acids is 1. The summed E-state index contributed by atoms with van der Waals surface area (Å²) in [5, 5.41) is 2.73. The minimum atomic E-state index is -0.0464. The summed E-state index contributed by atoms with van der Waals surface area (Å²) in [5.41, 5.74) is 4.21. The fourth-order valence-corrected chi connectivity index (χ4v) is 3.01. The van der Waals surface area contributed by atoms with Gasteiger partial charge in [0.1, 0.15) is 5.76 Å². The molecule has 1 aromatic carbocycles. The van der Waals surface area contributed by atoms with Crippen molar-refractivity contribution in [2.45, 2.75) is 53.3 Å². The molecular weight excluding hydrogens is 384 g/mol. The maximum atomic E-state index is 10.8. The number of rotatable bonds is 6. The van der Waals surface area contributed by atoms with Crippen molar-refractivity contribution >= 4 is 35.3 Å². The van der Waals surface area contributed by atoms with Crippen LogP contribution in [0.4, 0.5) is 5.69 Å². The molecule has 1 aliphatic rings. The number of hydrogen-bond donors (Lipinski definition) is 1. The molecule has 154 valence electrons. The van der Waals surface area contributed by atoms with Gasteiger partial charge in [-0.1, -0.05) is 13.0 Å². The molecule has 2 aromatic rings. The standard InChI is InChI=1S/C12H18N2OS.C10H10N2O/c1-5-11-7-14-12(15-11)8-16-10(4)6-13-9(2)3;1-7(13)12-10-3-2-8-5-11-6-9(8)4-10/h6-7H,5,8H2,1-4H3;2-4,6H,5H2,1H3,(H,12,13)/b10-6+;. The predicted octanol–water partition coefficient (Wildman–Crippen LogP) is 5.39. The largest absolute Gasteiger partial charge is 0.445 e. The van der Waals surface area contributed by atoms with Gasteiger partial charge in [0.05, 0.1) is 18.5 Å². The van der Waals surface area contributed by atoms with Gasteiger partial charge < -0.3 is 9.73 Å². The van der Waals surface area contributed by atoms with Crippen molar-refractivity contribution in [2.24, 2.45) is 9.98 Å². The molecule has 7 heteroatoms. The van der Waals surface area contributed by atoms with Crippen molar-refractivity contribution in [3.8, 4) is 0 Å². The highest BCUT2D eigenvalue weighted by Gasteiger charge is 2.06. The number of aryl methyl sites for hydroxylation is 1. The summed E-state index contributed by atoms with van der Waals surface area (Å²) in [6.07, 6.45) is 6.40. The van der Waals surface area contributed by atoms with Crippen LogP contribution in [0.5, 0.6) is 0 Å². The molecule has 6 nitrogen and oxygen atoms in total. The van der Waals surface area contributed by atoms with Crippen molar-refractivity contribution in [3.05, 3.63) is 58.3 Å². The second-order valence-corrected chi connectivity index (χ2v) is 7.96. The first kappa shape index (κ1) is 22.6. The van der Waals surface area contributed by atoms with Crippen molar-refractivity contribution in [2.75, 3.05) is 5.32 Å². The van der Waals surface area contributed by atoms with E-state index < -0.39 is 0 Å². The number of amides is 1. The molecule has 1 amide bonds. The third-order valence-corrected chi connectivity index (χ3v) is 4.79. The number of allylic oxidation sites excluding steroid dienone is 1. The molecule has 1 N–H and O–H groups in total. The summed E-state index contributed by atoms with van der Waals surface area (Å²) in [4.78, 5) is 24.5. The first-order valence-electron chi connectivity index (χ1n) is 9.52. The van der Waals surface area contributed by atoms with Crippen LogP contribution in [0.15, 0.2) is 49.9 Å². The van der Waals surface area contributed by atoms with Crippen molar-refractivity contribution in [1.29, 1.82) is 0 Å². The molecule has 0 radical (unpaired) electrons. The second-order valence-electron chi connectivity index (χ2n) is 6.74. The number of nitrogens with zero attached hydrogens (tertiary/aromatic N) is 3. The van der Waals surface area contributed by atoms with Crippen LogP contribution >= 0.6 is 11.8 Å². The topological polar surface area (TPSA) is 79.9 Å². The van der Waals surface area contributed by atoms with E-state index in [1.54, 1.807) is 18.0 Å². The lowest BCUT2D eigenvalue weighted by Crippen LogP contribution is -2.05. The fraction of sp³-hybridized carbons (Fsp3) is 0.364. The maximum Gasteiger partial charge on any atom is 0.221 e. The molecule has 0 fully saturated rings. The van der Waals surface area contributed by atoms with E-state index in [0.29, 0.717) is 0 Å². The zero-order valence-corrected chi connectivity index (χ0v) is 18.5. The summed E-state index contributed by atoms with van der Waals surface area (Å²) in [6, 6.07) is 5.83. The smallest absolute Gasteiger partial charge is 0.221 e. The summed E-state index contributed by atoms with van der Waals surface area (Å²) in [5.74, 6) is 2.45. The van der Waals surface area contributed by atoms with Crippen LogP contribution in [0.25, 0.3) is 0 Å². The summed E-state index contributed by atoms with van der Waals surface area (Å²) in [7, 11) is 0. The van der Waals surface area contributed by atoms with E-state index in [4.69, 9.17) is 4.42 Å². The molecular formula is C22H28N4O2S. The van der Waals surface area contributed by atoms with Gasteiger partial charge in [0.25, 0.3) is 0 Å². The highest BCUT2D eigenvalue weighted by atomic mass is 32.2. The Balaban J connectivity index is 0.000000211. The zero-order valence-electron chi connectivity index (χ0n) is 17.7. The molecule has 0 bridgehead atoms. The summed E-state index contributed by atoms with van der Waals surface area (Å²) in [6.45, 7) is 10.3. The Labute approximate surface area is 176 Å². The number of anilines is 1. The lowest BCUT2D eigenvalue weighted by atomic mass is 10.1. The number of thioether (sulfide) groups is 1. The first-order valence-corrected chi connectivity index (χ1v) is 10.5. The molecule has 1 aromatic heterocycles. The van der Waals surface area contributed by atoms with Crippen LogP contribution in [0.1, 0.15) is 57.4 Å². The van der Waals surface area contributed by atoms with Gasteiger partial charge in [-0.05, 0) is 44.0 Å². The van der Waals surface area contributed by atoms with Crippen LogP contribution in [0, 0.1) is 0 Å². The Morgan fingerprint density at radius 3 is 2.76 bits per heavy atom. The molecule has 0 unspecified atom stereocenters. The monoisotopic (exact) mass is 412 g/mol. The minimum Gasteiger partial charge on any atom is -0.445 e. The Morgan fingerprint density at radius 1 is 1.31 bits per heavy atom. The Hall–Kier alpha value is -2.67. The highest BCUT2D eigenvalue weighted by Crippen LogP contribution is 2.21. The van der Waals surface area contributed by atoms with Gasteiger partial charge in [-0.2, -0.15) is 0 Å². The summed E-state index contributed by atoms with van der Waals surface area (Å²) < 4.78 is 5.51. The van der Waals surface area contributed by atoms with Crippen LogP contribution in [-0.4, -0.2) is 22.8 Å². The Bertz CT molecular complexity index is 925. The number of oxazole rings is 1. The Morgan fingerprint density at radius 2 is 2.10 bits per heavy atom. The molecule has 0 saturated carbocycles. The maximum absolute atomic E-state index is 10.8. The van der Waals surface area contributed by atoms with E-state index in [0.717, 1.165) is 52.2 Å². The van der Waals surface area contributed by atoms with E-state index in [1.807, 2.05) is 51.4 Å². The van der Waals surface area contributed by atoms with E-state index in [9.17, 15) is 4.79 Å². The molecule has 0 spiro atoms. The highest BCUT2D eigenvalue weighted by molar-refractivity contribution is 8.02. The number of hydrogen-bond acceptors (Lipinski definition) is 6. The quantitative estimate of drug-likeness (QED) is 0.645. The van der Waals surface area contributed by atoms with Gasteiger partial charge in [-0.15, -0.1) is 11.8 Å². The second kappa shape index (κ2) is 11.4. The van der Waals surface area contributed by atoms with Gasteiger partial charge in [0.15, 0.2) is 0 Å². The van der Waals surface area contributed by atoms with Crippen molar-refractivity contribution in [1.82, 2.24) is 4.98 Å². The van der Waals surface area contributed by atoms with Gasteiger partial charge >= 0.3 is 0 Å². The fourth-order valence-electron chi connectivity index (χ4n) is 2.39. The molecule has 0 aliphatic carbocycles. The average Bonchev–Trinajstić information content (AvgIpc) is 3.33. The SMILES string of the molecule is CC(=O)Nc1ccc2c(c1)C=NC2.CCc1cnc(CS/C(C)=C/N=C(C)C)o1. The number of benzene rings is 1. The van der Waals surface area contributed by atoms with Crippen LogP contribution in [0.3, 0.4) is 0 Å². The van der Waals surface area contributed by atoms with Gasteiger partial charge in [-0.3, -0.25) is 14.8 Å². The van der Waals surface area contributed by atoms with Crippen LogP contribution < -0.4 is 5.32 Å². The van der Waals surface area contributed by atoms with E-state index in [-0.39, 0.29) is 5.91 Å². The number of aromatic nitrogens is 1. The average molecular weight is 413 g/mol. The molecule has 3 rings (SSSR count). The predicted molar refractivity (Wildman–Crippen MR) is 122 cm³/mol. The number of nitrogens with one attached hydrogen (secondary N) is 1. The molecule has 0 saturated heterocycles. The van der Waals surface area contributed by atoms with Crippen molar-refractivity contribution < 1.29 is 9.21 Å². The van der Waals surface area contributed by atoms with E-state index in [2.05, 4.69) is 27.2 Å². The van der Waals surface area contributed by atoms with Gasteiger partial charge in [-0.25, -0.2) is 4.98 Å². The lowest BCUT2D eigenvalue weighted by molar-refractivity contribution is -0.114. The first-order chi connectivity index (χ1) is 13.9. The third-order valence-electron chi connectivity index (χ3n) is 3.84. The zero-order chi connectivity index (χ0) is 21.2. The number of carbonyl (C=O) groups is 1. The normalized spacial score (nSPS) is 12.1. The molecule has 2 heterocycles.